The van der Waals surface area contributed by atoms with Gasteiger partial charge in [0.1, 0.15) is 0 Å². The van der Waals surface area contributed by atoms with Crippen LogP contribution in [0.5, 0.6) is 0 Å². The van der Waals surface area contributed by atoms with Crippen LogP contribution in [0.4, 0.5) is 0 Å². The first-order valence-corrected chi connectivity index (χ1v) is 5.17. The van der Waals surface area contributed by atoms with Gasteiger partial charge in [-0.25, -0.2) is 0 Å². The van der Waals surface area contributed by atoms with Gasteiger partial charge >= 0.3 is 0 Å². The molecule has 0 heterocycles. The van der Waals surface area contributed by atoms with Crippen LogP contribution in [0.15, 0.2) is 0 Å². The second-order valence-corrected chi connectivity index (χ2v) is 3.45. The number of thioether (sulfide) groups is 1. The fourth-order valence-electron chi connectivity index (χ4n) is 1.47. The van der Waals surface area contributed by atoms with Crippen LogP contribution in [0, 0.1) is 17.1 Å². The molecule has 0 atom stereocenters. The molecule has 0 radical (unpaired) electrons. The minimum atomic E-state index is 0.930. The lowest BCUT2D eigenvalue weighted by molar-refractivity contribution is 0.567. The summed E-state index contributed by atoms with van der Waals surface area (Å²) in [5.41, 5.74) is 0. The van der Waals surface area contributed by atoms with Crippen molar-refractivity contribution in [1.29, 1.82) is 0 Å². The van der Waals surface area contributed by atoms with Gasteiger partial charge in [0.05, 0.1) is 0 Å². The first-order chi connectivity index (χ1) is 4.93. The van der Waals surface area contributed by atoms with Crippen LogP contribution in [0.3, 0.4) is 0 Å². The van der Waals surface area contributed by atoms with E-state index in [1.165, 1.54) is 25.7 Å². The normalized spacial score (nSPS) is 18.5. The van der Waals surface area contributed by atoms with Crippen molar-refractivity contribution in [2.75, 3.05) is 6.26 Å². The molecule has 1 aliphatic rings. The Bertz CT molecular complexity index is 135. The molecular weight excluding hydrogens is 140 g/mol. The lowest BCUT2D eigenvalue weighted by atomic mass is 10.1. The number of hydrogen-bond acceptors (Lipinski definition) is 1. The van der Waals surface area contributed by atoms with Crippen LogP contribution in [-0.4, -0.2) is 6.26 Å². The molecule has 0 aromatic heterocycles. The molecule has 0 aromatic carbocycles. The summed E-state index contributed by atoms with van der Waals surface area (Å²) in [6.45, 7) is 0. The maximum atomic E-state index is 3.19. The molecule has 0 spiro atoms. The van der Waals surface area contributed by atoms with Gasteiger partial charge in [0.25, 0.3) is 0 Å². The number of rotatable bonds is 1. The zero-order valence-corrected chi connectivity index (χ0v) is 7.34. The van der Waals surface area contributed by atoms with Gasteiger partial charge < -0.3 is 0 Å². The van der Waals surface area contributed by atoms with Gasteiger partial charge in [0.2, 0.25) is 0 Å². The molecule has 0 nitrogen and oxygen atoms in total. The third-order valence-corrected chi connectivity index (χ3v) is 2.39. The van der Waals surface area contributed by atoms with Crippen molar-refractivity contribution < 1.29 is 0 Å². The lowest BCUT2D eigenvalue weighted by Crippen LogP contribution is -1.88. The molecule has 0 bridgehead atoms. The fourth-order valence-corrected chi connectivity index (χ4v) is 1.70. The van der Waals surface area contributed by atoms with Gasteiger partial charge in [-0.2, -0.15) is 0 Å². The highest BCUT2D eigenvalue weighted by Gasteiger charge is 2.12. The van der Waals surface area contributed by atoms with E-state index in [0.717, 1.165) is 12.3 Å². The van der Waals surface area contributed by atoms with Crippen molar-refractivity contribution in [3.05, 3.63) is 0 Å². The quantitative estimate of drug-likeness (QED) is 0.523. The van der Waals surface area contributed by atoms with E-state index < -0.39 is 0 Å². The van der Waals surface area contributed by atoms with Crippen molar-refractivity contribution in [3.63, 3.8) is 0 Å². The van der Waals surface area contributed by atoms with Gasteiger partial charge in [-0.15, -0.1) is 0 Å². The van der Waals surface area contributed by atoms with Crippen LogP contribution < -0.4 is 0 Å². The van der Waals surface area contributed by atoms with Gasteiger partial charge in [0, 0.05) is 6.42 Å². The van der Waals surface area contributed by atoms with Crippen molar-refractivity contribution in [3.8, 4) is 11.2 Å². The highest BCUT2D eigenvalue weighted by Crippen LogP contribution is 2.26. The molecule has 1 heteroatoms. The average Bonchev–Trinajstić information content (AvgIpc) is 2.41. The summed E-state index contributed by atoms with van der Waals surface area (Å²) in [5.74, 6) is 4.12. The second kappa shape index (κ2) is 4.68. The maximum Gasteiger partial charge on any atom is 0.0126 e. The first kappa shape index (κ1) is 8.01. The Hall–Kier alpha value is -0.0900. The molecule has 0 aromatic rings. The SMILES string of the molecule is CSC#CCC1CCCC1. The van der Waals surface area contributed by atoms with Crippen molar-refractivity contribution in [1.82, 2.24) is 0 Å². The molecule has 0 aliphatic heterocycles. The minimum absolute atomic E-state index is 0.930. The maximum absolute atomic E-state index is 3.19. The van der Waals surface area contributed by atoms with Crippen molar-refractivity contribution in [2.24, 2.45) is 5.92 Å². The van der Waals surface area contributed by atoms with Crippen LogP contribution >= 0.6 is 11.8 Å². The third-order valence-electron chi connectivity index (χ3n) is 2.04. The predicted molar refractivity (Wildman–Crippen MR) is 47.9 cm³/mol. The monoisotopic (exact) mass is 154 g/mol. The highest BCUT2D eigenvalue weighted by atomic mass is 32.2. The zero-order chi connectivity index (χ0) is 7.23. The molecule has 1 saturated carbocycles. The van der Waals surface area contributed by atoms with E-state index in [2.05, 4.69) is 11.2 Å². The molecule has 0 saturated heterocycles. The molecule has 56 valence electrons. The van der Waals surface area contributed by atoms with Crippen LogP contribution in [0.1, 0.15) is 32.1 Å². The Morgan fingerprint density at radius 1 is 1.40 bits per heavy atom. The summed E-state index contributed by atoms with van der Waals surface area (Å²) in [4.78, 5) is 0. The molecule has 1 rings (SSSR count). The third kappa shape index (κ3) is 2.66. The molecule has 1 fully saturated rings. The Kier molecular flexibility index (Phi) is 3.75. The van der Waals surface area contributed by atoms with Crippen molar-refractivity contribution in [2.45, 2.75) is 32.1 Å². The van der Waals surface area contributed by atoms with Crippen molar-refractivity contribution >= 4 is 11.8 Å². The molecule has 0 N–H and O–H groups in total. The second-order valence-electron chi connectivity index (χ2n) is 2.84. The highest BCUT2D eigenvalue weighted by molar-refractivity contribution is 8.03. The molecule has 1 aliphatic carbocycles. The summed E-state index contributed by atoms with van der Waals surface area (Å²) in [7, 11) is 0. The summed E-state index contributed by atoms with van der Waals surface area (Å²) < 4.78 is 0. The molecule has 0 unspecified atom stereocenters. The fraction of sp³-hybridized carbons (Fsp3) is 0.778. The summed E-state index contributed by atoms with van der Waals surface area (Å²) in [6, 6.07) is 0. The van der Waals surface area contributed by atoms with E-state index in [1.807, 2.05) is 6.26 Å². The predicted octanol–water partition coefficient (Wildman–Crippen LogP) is 2.89. The van der Waals surface area contributed by atoms with E-state index in [1.54, 1.807) is 11.8 Å². The van der Waals surface area contributed by atoms with Gasteiger partial charge in [-0.3, -0.25) is 0 Å². The van der Waals surface area contributed by atoms with Gasteiger partial charge in [-0.05, 0) is 30.3 Å². The average molecular weight is 154 g/mol. The lowest BCUT2D eigenvalue weighted by Gasteiger charge is -1.99. The Balaban J connectivity index is 2.12. The van der Waals surface area contributed by atoms with E-state index in [-0.39, 0.29) is 0 Å². The largest absolute Gasteiger partial charge is 0.0910 e. The standard InChI is InChI=1S/C9H14S/c1-10-8-4-7-9-5-2-3-6-9/h9H,2-3,5-7H2,1H3. The molecule has 0 amide bonds. The Morgan fingerprint density at radius 2 is 2.10 bits per heavy atom. The van der Waals surface area contributed by atoms with E-state index in [9.17, 15) is 0 Å². The zero-order valence-electron chi connectivity index (χ0n) is 6.52. The number of hydrogen-bond donors (Lipinski definition) is 0. The van der Waals surface area contributed by atoms with Crippen LogP contribution in [-0.2, 0) is 0 Å². The van der Waals surface area contributed by atoms with Crippen LogP contribution in [0.2, 0.25) is 0 Å². The Morgan fingerprint density at radius 3 is 2.70 bits per heavy atom. The van der Waals surface area contributed by atoms with Gasteiger partial charge in [-0.1, -0.05) is 30.5 Å². The Labute approximate surface area is 67.8 Å². The van der Waals surface area contributed by atoms with Crippen LogP contribution in [0.25, 0.3) is 0 Å². The van der Waals surface area contributed by atoms with Gasteiger partial charge in [0.15, 0.2) is 0 Å². The smallest absolute Gasteiger partial charge is 0.0126 e. The first-order valence-electron chi connectivity index (χ1n) is 3.94. The summed E-state index contributed by atoms with van der Waals surface area (Å²) in [5, 5.41) is 3.04. The van der Waals surface area contributed by atoms with E-state index in [0.29, 0.717) is 0 Å². The van der Waals surface area contributed by atoms with E-state index >= 15 is 0 Å². The summed E-state index contributed by atoms with van der Waals surface area (Å²) >= 11 is 1.62. The minimum Gasteiger partial charge on any atom is -0.0910 e. The topological polar surface area (TPSA) is 0 Å². The van der Waals surface area contributed by atoms with E-state index in [4.69, 9.17) is 0 Å². The summed E-state index contributed by atoms with van der Waals surface area (Å²) in [6.07, 6.45) is 8.88. The molecule has 10 heavy (non-hydrogen) atoms. The molecular formula is C9H14S.